The van der Waals surface area contributed by atoms with E-state index in [0.29, 0.717) is 126 Å². The average Bonchev–Trinajstić information content (AvgIpc) is 0.803. The molecule has 0 atom stereocenters. The molecule has 0 bridgehead atoms. The van der Waals surface area contributed by atoms with Gasteiger partial charge in [0.15, 0.2) is 17.5 Å². The van der Waals surface area contributed by atoms with Crippen LogP contribution >= 0.6 is 0 Å². The van der Waals surface area contributed by atoms with E-state index in [9.17, 15) is 30.9 Å². The molecule has 14 rings (SSSR count). The molecule has 534 valence electrons. The van der Waals surface area contributed by atoms with Crippen LogP contribution in [0.3, 0.4) is 0 Å². The van der Waals surface area contributed by atoms with E-state index < -0.39 is 5.60 Å². The number of nitriles is 4. The molecule has 0 saturated carbocycles. The van der Waals surface area contributed by atoms with Crippen molar-refractivity contribution in [3.05, 3.63) is 199 Å². The van der Waals surface area contributed by atoms with Crippen LogP contribution < -0.4 is 40.4 Å². The van der Waals surface area contributed by atoms with Crippen molar-refractivity contribution < 1.29 is 43.1 Å². The van der Waals surface area contributed by atoms with Crippen LogP contribution in [0.1, 0.15) is 80.2 Å². The number of ether oxygens (including phenoxy) is 7. The molecule has 3 aromatic heterocycles. The standard InChI is InChI=1S/C30H31N7O3.C25H23N5O3.C25H26N4O3/c31-17-22-16-24(2-3-27(22)37-11-9-36(10-12-37)25-19-39-20-25)34-29-5-8-33-30(35-29)21-1-4-28(23(15-21)18-32)40-26-6-13-38-14-7-26;1-2-24(31)29-20-6-4-19(5-7-20)28-23-9-12-27-25(30-23)17-3-8-22(18(15-17)16-26)33-21-10-13-32-14-11-21;1-25(2,30)19-4-6-20(7-5-19)28-23-9-12-27-24(29-23)17-3-8-22(18(15-17)16-26)32-21-10-13-31-14-11-21/h1-5,8,15-16,25-26H,6-7,9-14,19-20H2,(H,33,34,35);2-9,12,15,21H,1,10-11,13-14H2,(H,29,31)(H,27,28,30);3-9,12,15,21,30H,10-11,13-14H2,1-2H3,(H,27,28,29). The Morgan fingerprint density at radius 1 is 0.495 bits per heavy atom. The van der Waals surface area contributed by atoms with E-state index in [4.69, 9.17) is 33.2 Å². The molecule has 0 spiro atoms. The lowest BCUT2D eigenvalue weighted by molar-refractivity contribution is -0.111. The van der Waals surface area contributed by atoms with E-state index in [2.05, 4.69) is 91.8 Å². The molecule has 0 aliphatic carbocycles. The lowest BCUT2D eigenvalue weighted by atomic mass is 9.98. The van der Waals surface area contributed by atoms with Crippen LogP contribution in [0.5, 0.6) is 17.2 Å². The third-order valence-electron chi connectivity index (χ3n) is 18.1. The Kier molecular flexibility index (Phi) is 24.5. The Labute approximate surface area is 609 Å². The van der Waals surface area contributed by atoms with Gasteiger partial charge < -0.3 is 64.4 Å². The minimum atomic E-state index is -0.889. The molecule has 1 amide bonds. The van der Waals surface area contributed by atoms with Gasteiger partial charge in [-0.15, -0.1) is 0 Å². The lowest BCUT2D eigenvalue weighted by Gasteiger charge is -2.43. The maximum absolute atomic E-state index is 11.4. The number of benzene rings is 6. The summed E-state index contributed by atoms with van der Waals surface area (Å²) < 4.78 is 39.6. The molecule has 5 aliphatic rings. The number of nitrogens with zero attached hydrogens (tertiary/aromatic N) is 12. The zero-order valence-electron chi connectivity index (χ0n) is 58.4. The van der Waals surface area contributed by atoms with E-state index in [-0.39, 0.29) is 24.2 Å². The van der Waals surface area contributed by atoms with Gasteiger partial charge in [-0.1, -0.05) is 18.7 Å². The van der Waals surface area contributed by atoms with Crippen LogP contribution in [0.25, 0.3) is 34.2 Å². The Hall–Kier alpha value is -11.9. The van der Waals surface area contributed by atoms with Crippen molar-refractivity contribution >= 4 is 51.8 Å². The van der Waals surface area contributed by atoms with Crippen molar-refractivity contribution in [1.82, 2.24) is 34.8 Å². The summed E-state index contributed by atoms with van der Waals surface area (Å²) in [6.45, 7) is 16.3. The third kappa shape index (κ3) is 19.8. The number of anilines is 8. The van der Waals surface area contributed by atoms with Crippen LogP contribution in [-0.2, 0) is 29.3 Å². The molecule has 105 heavy (non-hydrogen) atoms. The van der Waals surface area contributed by atoms with Crippen LogP contribution in [0.15, 0.2) is 171 Å². The molecule has 9 aromatic rings. The Morgan fingerprint density at radius 2 is 0.876 bits per heavy atom. The summed E-state index contributed by atoms with van der Waals surface area (Å²) in [7, 11) is 0. The number of aliphatic hydroxyl groups is 1. The van der Waals surface area contributed by atoms with Gasteiger partial charge in [0.25, 0.3) is 0 Å². The number of rotatable bonds is 20. The molecule has 25 heteroatoms. The smallest absolute Gasteiger partial charge is 0.247 e. The molecular weight excluding hydrogens is 1330 g/mol. The summed E-state index contributed by atoms with van der Waals surface area (Å²) >= 11 is 0. The van der Waals surface area contributed by atoms with Gasteiger partial charge in [-0.2, -0.15) is 21.0 Å². The predicted molar refractivity (Wildman–Crippen MR) is 396 cm³/mol. The number of carbonyl (C=O) groups is 1. The van der Waals surface area contributed by atoms with E-state index in [1.54, 1.807) is 87.0 Å². The number of piperazine rings is 1. The number of hydrogen-bond donors (Lipinski definition) is 5. The topological polar surface area (TPSA) is 329 Å². The highest BCUT2D eigenvalue weighted by molar-refractivity contribution is 5.99. The first-order chi connectivity index (χ1) is 51.3. The van der Waals surface area contributed by atoms with Gasteiger partial charge >= 0.3 is 0 Å². The average molecular weight is 1410 g/mol. The van der Waals surface area contributed by atoms with Gasteiger partial charge in [-0.25, -0.2) is 29.9 Å². The highest BCUT2D eigenvalue weighted by atomic mass is 16.5. The summed E-state index contributed by atoms with van der Waals surface area (Å²) in [4.78, 5) is 43.1. The first-order valence-corrected chi connectivity index (χ1v) is 34.9. The zero-order chi connectivity index (χ0) is 72.9. The molecule has 8 heterocycles. The predicted octanol–water partition coefficient (Wildman–Crippen LogP) is 12.7. The Bertz CT molecular complexity index is 4650. The molecule has 0 unspecified atom stereocenters. The first kappa shape index (κ1) is 72.9. The van der Waals surface area contributed by atoms with Gasteiger partial charge in [0, 0.05) is 123 Å². The van der Waals surface area contributed by atoms with E-state index in [1.165, 1.54) is 6.08 Å². The molecule has 5 N–H and O–H groups in total. The van der Waals surface area contributed by atoms with Crippen molar-refractivity contribution in [3.8, 4) is 75.7 Å². The monoisotopic (exact) mass is 1410 g/mol. The van der Waals surface area contributed by atoms with Gasteiger partial charge in [0.2, 0.25) is 5.91 Å². The summed E-state index contributed by atoms with van der Waals surface area (Å²) in [6.07, 6.45) is 11.3. The van der Waals surface area contributed by atoms with Gasteiger partial charge in [0.1, 0.15) is 77.3 Å². The fourth-order valence-electron chi connectivity index (χ4n) is 12.2. The second-order valence-corrected chi connectivity index (χ2v) is 25.9. The zero-order valence-corrected chi connectivity index (χ0v) is 58.4. The highest BCUT2D eigenvalue weighted by Crippen LogP contribution is 2.34. The fraction of sp³-hybridized carbons (Fsp3) is 0.312. The van der Waals surface area contributed by atoms with Gasteiger partial charge in [-0.3, -0.25) is 9.69 Å². The van der Waals surface area contributed by atoms with E-state index in [1.807, 2.05) is 84.9 Å². The maximum atomic E-state index is 11.4. The van der Waals surface area contributed by atoms with Crippen LogP contribution in [0.2, 0.25) is 0 Å². The summed E-state index contributed by atoms with van der Waals surface area (Å²) in [5, 5.41) is 61.5. The van der Waals surface area contributed by atoms with E-state index >= 15 is 0 Å². The lowest BCUT2D eigenvalue weighted by Crippen LogP contribution is -2.56. The number of hydrogen-bond acceptors (Lipinski definition) is 24. The summed E-state index contributed by atoms with van der Waals surface area (Å²) in [5.41, 5.74) is 8.13. The van der Waals surface area contributed by atoms with Crippen LogP contribution in [0, 0.1) is 45.3 Å². The van der Waals surface area contributed by atoms with Gasteiger partial charge in [-0.05, 0) is 153 Å². The molecule has 25 nitrogen and oxygen atoms in total. The fourth-order valence-corrected chi connectivity index (χ4v) is 12.2. The molecule has 6 aromatic carbocycles. The normalized spacial score (nSPS) is 15.7. The van der Waals surface area contributed by atoms with Crippen molar-refractivity contribution in [3.63, 3.8) is 0 Å². The van der Waals surface area contributed by atoms with Crippen molar-refractivity contribution in [2.75, 3.05) is 105 Å². The number of aromatic nitrogens is 6. The summed E-state index contributed by atoms with van der Waals surface area (Å²) in [6, 6.07) is 51.7. The van der Waals surface area contributed by atoms with Crippen molar-refractivity contribution in [2.45, 2.75) is 82.3 Å². The van der Waals surface area contributed by atoms with Crippen LogP contribution in [-0.4, -0.2) is 149 Å². The first-order valence-electron chi connectivity index (χ1n) is 34.9. The SMILES string of the molecule is C=CC(=O)Nc1ccc(Nc2ccnc(-c3ccc(OC4CCOCC4)c(C#N)c3)n2)cc1.CC(C)(O)c1ccc(Nc2ccnc(-c3ccc(OC4CCOCC4)c(C#N)c3)n2)cc1.N#Cc1cc(-c2nccc(Nc3ccc(N4CCN(C5COC5)CC4)c(C#N)c3)n2)ccc1OC1CCOCC1. The minimum Gasteiger partial charge on any atom is -0.489 e. The quantitative estimate of drug-likeness (QED) is 0.0443. The number of nitrogens with one attached hydrogen (secondary N) is 4. The molecule has 5 saturated heterocycles. The number of carbonyl (C=O) groups excluding carboxylic acids is 1. The molecule has 5 aliphatic heterocycles. The molecular formula is C80H80N16O9. The largest absolute Gasteiger partial charge is 0.489 e. The second-order valence-electron chi connectivity index (χ2n) is 25.9. The number of amides is 1. The van der Waals surface area contributed by atoms with Crippen LogP contribution in [0.4, 0.5) is 45.9 Å². The van der Waals surface area contributed by atoms with Gasteiger partial charge in [0.05, 0.1) is 92.4 Å². The minimum absolute atomic E-state index is 0.0483. The Balaban J connectivity index is 0.000000149. The molecule has 0 radical (unpaired) electrons. The van der Waals surface area contributed by atoms with Crippen molar-refractivity contribution in [1.29, 1.82) is 21.0 Å². The second kappa shape index (κ2) is 35.3. The van der Waals surface area contributed by atoms with E-state index in [0.717, 1.165) is 123 Å². The maximum Gasteiger partial charge on any atom is 0.247 e. The molecule has 5 fully saturated rings. The third-order valence-corrected chi connectivity index (χ3v) is 18.1. The summed E-state index contributed by atoms with van der Waals surface area (Å²) in [5.74, 6) is 4.75. The highest BCUT2D eigenvalue weighted by Gasteiger charge is 2.30. The Morgan fingerprint density at radius 3 is 1.25 bits per heavy atom. The van der Waals surface area contributed by atoms with Crippen molar-refractivity contribution in [2.24, 2.45) is 0 Å².